The van der Waals surface area contributed by atoms with Crippen LogP contribution in [-0.4, -0.2) is 41.3 Å². The van der Waals surface area contributed by atoms with Crippen LogP contribution >= 0.6 is 0 Å². The van der Waals surface area contributed by atoms with Crippen LogP contribution in [0.15, 0.2) is 72.8 Å². The molecule has 0 spiro atoms. The molecule has 1 fully saturated rings. The van der Waals surface area contributed by atoms with Gasteiger partial charge in [0.05, 0.1) is 5.60 Å². The smallest absolute Gasteiger partial charge is 0.123 e. The zero-order valence-electron chi connectivity index (χ0n) is 19.4. The van der Waals surface area contributed by atoms with E-state index in [4.69, 9.17) is 9.47 Å². The number of aryl methyl sites for hydroxylation is 1. The molecule has 3 aromatic carbocycles. The van der Waals surface area contributed by atoms with Crippen LogP contribution in [0.1, 0.15) is 35.1 Å². The standard InChI is InChI=1S/C29H33NO3/c1-22-7-9-23(10-8-22)19-29(31)13-15-30(16-14-29)20-27-18-25-17-26(11-12-28(25)33-27)32-21-24-5-3-2-4-6-24/h2-12,17,27,31H,13-16,18-21H2,1H3. The lowest BCUT2D eigenvalue weighted by atomic mass is 9.85. The van der Waals surface area contributed by atoms with Gasteiger partial charge in [0, 0.05) is 38.0 Å². The van der Waals surface area contributed by atoms with Gasteiger partial charge in [-0.15, -0.1) is 0 Å². The molecule has 172 valence electrons. The maximum absolute atomic E-state index is 11.1. The van der Waals surface area contributed by atoms with Gasteiger partial charge in [-0.2, -0.15) is 0 Å². The average molecular weight is 444 g/mol. The summed E-state index contributed by atoms with van der Waals surface area (Å²) in [6.45, 7) is 5.38. The summed E-state index contributed by atoms with van der Waals surface area (Å²) in [5.74, 6) is 1.86. The van der Waals surface area contributed by atoms with Crippen molar-refractivity contribution in [1.29, 1.82) is 0 Å². The fourth-order valence-electron chi connectivity index (χ4n) is 4.93. The van der Waals surface area contributed by atoms with Gasteiger partial charge in [-0.25, -0.2) is 0 Å². The lowest BCUT2D eigenvalue weighted by Crippen LogP contribution is -2.48. The lowest BCUT2D eigenvalue weighted by Gasteiger charge is -2.39. The van der Waals surface area contributed by atoms with Gasteiger partial charge >= 0.3 is 0 Å². The Balaban J connectivity index is 1.11. The summed E-state index contributed by atoms with van der Waals surface area (Å²) in [6.07, 6.45) is 3.41. The van der Waals surface area contributed by atoms with Gasteiger partial charge in [0.1, 0.15) is 24.2 Å². The second kappa shape index (κ2) is 9.58. The van der Waals surface area contributed by atoms with E-state index < -0.39 is 5.60 Å². The molecule has 2 heterocycles. The molecule has 2 aliphatic rings. The highest BCUT2D eigenvalue weighted by atomic mass is 16.5. The maximum atomic E-state index is 11.1. The molecule has 0 aliphatic carbocycles. The van der Waals surface area contributed by atoms with Gasteiger partial charge in [0.25, 0.3) is 0 Å². The van der Waals surface area contributed by atoms with E-state index in [0.29, 0.717) is 6.61 Å². The third-order valence-corrected chi connectivity index (χ3v) is 6.92. The maximum Gasteiger partial charge on any atom is 0.123 e. The first-order chi connectivity index (χ1) is 16.0. The van der Waals surface area contributed by atoms with Crippen molar-refractivity contribution in [3.8, 4) is 11.5 Å². The first-order valence-electron chi connectivity index (χ1n) is 12.0. The fourth-order valence-corrected chi connectivity index (χ4v) is 4.93. The van der Waals surface area contributed by atoms with Crippen LogP contribution < -0.4 is 9.47 Å². The minimum absolute atomic E-state index is 0.160. The van der Waals surface area contributed by atoms with Crippen LogP contribution in [0.25, 0.3) is 0 Å². The highest BCUT2D eigenvalue weighted by Crippen LogP contribution is 2.33. The Labute approximate surface area is 196 Å². The first-order valence-corrected chi connectivity index (χ1v) is 12.0. The Kier molecular flexibility index (Phi) is 6.39. The van der Waals surface area contributed by atoms with Crippen LogP contribution in [0.3, 0.4) is 0 Å². The molecular weight excluding hydrogens is 410 g/mol. The zero-order valence-corrected chi connectivity index (χ0v) is 19.4. The van der Waals surface area contributed by atoms with Crippen LogP contribution in [0.5, 0.6) is 11.5 Å². The molecule has 1 unspecified atom stereocenters. The Morgan fingerprint density at radius 3 is 2.48 bits per heavy atom. The van der Waals surface area contributed by atoms with Crippen LogP contribution in [-0.2, 0) is 19.4 Å². The number of rotatable bonds is 7. The van der Waals surface area contributed by atoms with Crippen LogP contribution in [0, 0.1) is 6.92 Å². The number of nitrogens with zero attached hydrogens (tertiary/aromatic N) is 1. The Bertz CT molecular complexity index is 1060. The van der Waals surface area contributed by atoms with E-state index in [-0.39, 0.29) is 6.10 Å². The monoisotopic (exact) mass is 443 g/mol. The summed E-state index contributed by atoms with van der Waals surface area (Å²) in [5, 5.41) is 11.1. The molecule has 4 heteroatoms. The lowest BCUT2D eigenvalue weighted by molar-refractivity contribution is -0.0265. The van der Waals surface area contributed by atoms with Crippen molar-refractivity contribution >= 4 is 0 Å². The molecule has 1 saturated heterocycles. The van der Waals surface area contributed by atoms with E-state index >= 15 is 0 Å². The summed E-state index contributed by atoms with van der Waals surface area (Å²) in [5.41, 5.74) is 4.26. The minimum Gasteiger partial charge on any atom is -0.489 e. The topological polar surface area (TPSA) is 41.9 Å². The third kappa shape index (κ3) is 5.58. The largest absolute Gasteiger partial charge is 0.489 e. The van der Waals surface area contributed by atoms with Crippen molar-refractivity contribution in [2.45, 2.75) is 50.9 Å². The molecule has 3 aromatic rings. The number of ether oxygens (including phenoxy) is 2. The second-order valence-corrected chi connectivity index (χ2v) is 9.68. The predicted octanol–water partition coefficient (Wildman–Crippen LogP) is 4.95. The molecule has 0 radical (unpaired) electrons. The Hall–Kier alpha value is -2.82. The summed E-state index contributed by atoms with van der Waals surface area (Å²) in [6, 6.07) is 24.9. The molecule has 0 bridgehead atoms. The van der Waals surface area contributed by atoms with E-state index in [1.165, 1.54) is 22.3 Å². The number of hydrogen-bond acceptors (Lipinski definition) is 4. The van der Waals surface area contributed by atoms with Crippen molar-refractivity contribution < 1.29 is 14.6 Å². The first kappa shape index (κ1) is 22.0. The SMILES string of the molecule is Cc1ccc(CC2(O)CCN(CC3Cc4cc(OCc5ccccc5)ccc4O3)CC2)cc1. The number of aliphatic hydroxyl groups is 1. The quantitative estimate of drug-likeness (QED) is 0.561. The van der Waals surface area contributed by atoms with Crippen molar-refractivity contribution in [3.63, 3.8) is 0 Å². The van der Waals surface area contributed by atoms with Crippen LogP contribution in [0.2, 0.25) is 0 Å². The van der Waals surface area contributed by atoms with Crippen molar-refractivity contribution in [3.05, 3.63) is 95.1 Å². The molecule has 2 aliphatic heterocycles. The molecule has 4 nitrogen and oxygen atoms in total. The van der Waals surface area contributed by atoms with E-state index in [2.05, 4.69) is 54.3 Å². The highest BCUT2D eigenvalue weighted by Gasteiger charge is 2.34. The number of hydrogen-bond donors (Lipinski definition) is 1. The molecule has 0 saturated carbocycles. The predicted molar refractivity (Wildman–Crippen MR) is 131 cm³/mol. The van der Waals surface area contributed by atoms with Gasteiger partial charge < -0.3 is 14.6 Å². The Morgan fingerprint density at radius 1 is 0.970 bits per heavy atom. The third-order valence-electron chi connectivity index (χ3n) is 6.92. The number of likely N-dealkylation sites (tertiary alicyclic amines) is 1. The van der Waals surface area contributed by atoms with Gasteiger partial charge in [-0.1, -0.05) is 60.2 Å². The molecule has 33 heavy (non-hydrogen) atoms. The number of piperidine rings is 1. The second-order valence-electron chi connectivity index (χ2n) is 9.68. The van der Waals surface area contributed by atoms with Gasteiger partial charge in [0.15, 0.2) is 0 Å². The summed E-state index contributed by atoms with van der Waals surface area (Å²) in [7, 11) is 0. The fraction of sp³-hybridized carbons (Fsp3) is 0.379. The average Bonchev–Trinajstić information content (AvgIpc) is 3.23. The Morgan fingerprint density at radius 2 is 1.73 bits per heavy atom. The minimum atomic E-state index is -0.601. The highest BCUT2D eigenvalue weighted by molar-refractivity contribution is 5.43. The van der Waals surface area contributed by atoms with Gasteiger partial charge in [0.2, 0.25) is 0 Å². The number of benzene rings is 3. The molecule has 1 atom stereocenters. The molecule has 5 rings (SSSR count). The van der Waals surface area contributed by atoms with E-state index in [0.717, 1.165) is 56.8 Å². The van der Waals surface area contributed by atoms with Gasteiger partial charge in [-0.3, -0.25) is 4.90 Å². The van der Waals surface area contributed by atoms with E-state index in [9.17, 15) is 5.11 Å². The molecule has 0 amide bonds. The van der Waals surface area contributed by atoms with Crippen molar-refractivity contribution in [2.75, 3.05) is 19.6 Å². The van der Waals surface area contributed by atoms with E-state index in [1.54, 1.807) is 0 Å². The van der Waals surface area contributed by atoms with Crippen molar-refractivity contribution in [2.24, 2.45) is 0 Å². The molecule has 1 N–H and O–H groups in total. The molecular formula is C29H33NO3. The van der Waals surface area contributed by atoms with Crippen molar-refractivity contribution in [1.82, 2.24) is 4.90 Å². The summed E-state index contributed by atoms with van der Waals surface area (Å²) >= 11 is 0. The summed E-state index contributed by atoms with van der Waals surface area (Å²) < 4.78 is 12.2. The zero-order chi connectivity index (χ0) is 22.7. The van der Waals surface area contributed by atoms with Gasteiger partial charge in [-0.05, 0) is 49.1 Å². The van der Waals surface area contributed by atoms with E-state index in [1.807, 2.05) is 30.3 Å². The molecule has 0 aromatic heterocycles. The normalized spacial score (nSPS) is 19.6. The van der Waals surface area contributed by atoms with Crippen LogP contribution in [0.4, 0.5) is 0 Å². The summed E-state index contributed by atoms with van der Waals surface area (Å²) in [4.78, 5) is 2.44. The number of fused-ring (bicyclic) bond motifs is 1.